The van der Waals surface area contributed by atoms with Crippen molar-refractivity contribution in [1.82, 2.24) is 0 Å². The Bertz CT molecular complexity index is 582. The van der Waals surface area contributed by atoms with Crippen molar-refractivity contribution in [3.05, 3.63) is 24.3 Å². The van der Waals surface area contributed by atoms with Crippen LogP contribution in [0.1, 0.15) is 103 Å². The topological polar surface area (TPSA) is 61.8 Å². The lowest BCUT2D eigenvalue weighted by molar-refractivity contribution is -0.144. The molecule has 0 N–H and O–H groups in total. The van der Waals surface area contributed by atoms with Crippen LogP contribution in [-0.4, -0.2) is 25.7 Å². The molecule has 0 bridgehead atoms. The van der Waals surface area contributed by atoms with E-state index in [1.165, 1.54) is 64.2 Å². The Morgan fingerprint density at radius 1 is 0.645 bits per heavy atom. The summed E-state index contributed by atoms with van der Waals surface area (Å²) in [6, 6.07) is 6.82. The summed E-state index contributed by atoms with van der Waals surface area (Å²) in [5, 5.41) is 0. The van der Waals surface area contributed by atoms with Crippen LogP contribution in [0, 0.1) is 0 Å². The van der Waals surface area contributed by atoms with Gasteiger partial charge in [-0.15, -0.1) is 0 Å². The first kappa shape index (κ1) is 27.0. The second-order valence-corrected chi connectivity index (χ2v) is 8.11. The Kier molecular flexibility index (Phi) is 16.3. The molecule has 0 fully saturated rings. The van der Waals surface area contributed by atoms with Gasteiger partial charge in [-0.3, -0.25) is 9.59 Å². The lowest BCUT2D eigenvalue weighted by atomic mass is 10.1. The summed E-state index contributed by atoms with van der Waals surface area (Å²) in [5.74, 6) is 0.593. The minimum absolute atomic E-state index is 0.194. The first-order chi connectivity index (χ1) is 15.2. The quantitative estimate of drug-likeness (QED) is 0.133. The average molecular weight is 435 g/mol. The molecule has 0 saturated carbocycles. The van der Waals surface area contributed by atoms with Gasteiger partial charge < -0.3 is 14.2 Å². The summed E-state index contributed by atoms with van der Waals surface area (Å²) >= 11 is 0. The number of esters is 2. The maximum absolute atomic E-state index is 11.8. The summed E-state index contributed by atoms with van der Waals surface area (Å²) in [4.78, 5) is 23.6. The van der Waals surface area contributed by atoms with Gasteiger partial charge in [0, 0.05) is 12.8 Å². The Morgan fingerprint density at radius 2 is 1.13 bits per heavy atom. The number of benzene rings is 1. The third kappa shape index (κ3) is 15.4. The number of unbranched alkanes of at least 4 members (excludes halogenated alkanes) is 11. The van der Waals surface area contributed by atoms with Crippen LogP contribution in [-0.2, 0) is 14.3 Å². The van der Waals surface area contributed by atoms with E-state index >= 15 is 0 Å². The van der Waals surface area contributed by atoms with Crippen molar-refractivity contribution in [2.45, 2.75) is 103 Å². The molecule has 0 heterocycles. The number of rotatable bonds is 19. The molecule has 0 aliphatic rings. The Balaban J connectivity index is 1.89. The third-order valence-electron chi connectivity index (χ3n) is 5.31. The first-order valence-electron chi connectivity index (χ1n) is 12.2. The summed E-state index contributed by atoms with van der Waals surface area (Å²) < 4.78 is 15.5. The van der Waals surface area contributed by atoms with Crippen LogP contribution < -0.4 is 9.47 Å². The fourth-order valence-electron chi connectivity index (χ4n) is 3.40. The number of hydrogen-bond donors (Lipinski definition) is 0. The first-order valence-corrected chi connectivity index (χ1v) is 12.2. The lowest BCUT2D eigenvalue weighted by Gasteiger charge is -2.06. The SMILES string of the molecule is CCCCCCCCCCCCCCOC(=O)CCCC(=O)Oc1ccc(OC)cc1. The summed E-state index contributed by atoms with van der Waals surface area (Å²) in [5.41, 5.74) is 0. The summed E-state index contributed by atoms with van der Waals surface area (Å²) in [6.45, 7) is 2.73. The van der Waals surface area contributed by atoms with Crippen LogP contribution in [0.4, 0.5) is 0 Å². The van der Waals surface area contributed by atoms with Crippen LogP contribution in [0.3, 0.4) is 0 Å². The molecule has 176 valence electrons. The molecule has 0 spiro atoms. The number of carbonyl (C=O) groups is 2. The number of ether oxygens (including phenoxy) is 3. The van der Waals surface area contributed by atoms with Gasteiger partial charge >= 0.3 is 11.9 Å². The van der Waals surface area contributed by atoms with Crippen LogP contribution in [0.5, 0.6) is 11.5 Å². The van der Waals surface area contributed by atoms with E-state index < -0.39 is 0 Å². The van der Waals surface area contributed by atoms with E-state index in [2.05, 4.69) is 6.92 Å². The second-order valence-electron chi connectivity index (χ2n) is 8.11. The highest BCUT2D eigenvalue weighted by Crippen LogP contribution is 2.18. The largest absolute Gasteiger partial charge is 0.497 e. The van der Waals surface area contributed by atoms with Crippen molar-refractivity contribution in [3.63, 3.8) is 0 Å². The summed E-state index contributed by atoms with van der Waals surface area (Å²) in [7, 11) is 1.58. The van der Waals surface area contributed by atoms with E-state index in [0.717, 1.165) is 12.8 Å². The lowest BCUT2D eigenvalue weighted by Crippen LogP contribution is -2.10. The average Bonchev–Trinajstić information content (AvgIpc) is 2.77. The van der Waals surface area contributed by atoms with Crippen LogP contribution >= 0.6 is 0 Å². The number of methoxy groups -OCH3 is 1. The molecule has 0 aliphatic carbocycles. The van der Waals surface area contributed by atoms with Gasteiger partial charge in [0.2, 0.25) is 0 Å². The normalized spacial score (nSPS) is 10.6. The molecule has 0 saturated heterocycles. The zero-order valence-corrected chi connectivity index (χ0v) is 19.7. The second kappa shape index (κ2) is 18.7. The highest BCUT2D eigenvalue weighted by Gasteiger charge is 2.08. The molecule has 0 aliphatic heterocycles. The van der Waals surface area contributed by atoms with Crippen molar-refractivity contribution in [1.29, 1.82) is 0 Å². The van der Waals surface area contributed by atoms with Crippen molar-refractivity contribution in [2.75, 3.05) is 13.7 Å². The molecule has 5 heteroatoms. The predicted molar refractivity (Wildman–Crippen MR) is 125 cm³/mol. The van der Waals surface area contributed by atoms with Crippen LogP contribution in [0.2, 0.25) is 0 Å². The molecule has 1 rings (SSSR count). The standard InChI is InChI=1S/C26H42O5/c1-3-4-5-6-7-8-9-10-11-12-13-14-22-30-25(27)16-15-17-26(28)31-24-20-18-23(29-2)19-21-24/h18-21H,3-17,22H2,1-2H3. The zero-order chi connectivity index (χ0) is 22.6. The van der Waals surface area contributed by atoms with Gasteiger partial charge in [-0.25, -0.2) is 0 Å². The van der Waals surface area contributed by atoms with Gasteiger partial charge in [-0.1, -0.05) is 77.6 Å². The molecule has 0 amide bonds. The molecule has 0 aromatic heterocycles. The Morgan fingerprint density at radius 3 is 1.68 bits per heavy atom. The molecule has 31 heavy (non-hydrogen) atoms. The van der Waals surface area contributed by atoms with Gasteiger partial charge in [0.05, 0.1) is 13.7 Å². The van der Waals surface area contributed by atoms with Gasteiger partial charge in [-0.05, 0) is 37.1 Å². The number of carbonyl (C=O) groups excluding carboxylic acids is 2. The van der Waals surface area contributed by atoms with E-state index in [4.69, 9.17) is 14.2 Å². The van der Waals surface area contributed by atoms with E-state index in [-0.39, 0.29) is 24.8 Å². The summed E-state index contributed by atoms with van der Waals surface area (Å²) in [6.07, 6.45) is 16.3. The van der Waals surface area contributed by atoms with Gasteiger partial charge in [0.25, 0.3) is 0 Å². The van der Waals surface area contributed by atoms with Crippen molar-refractivity contribution in [2.24, 2.45) is 0 Å². The van der Waals surface area contributed by atoms with E-state index in [1.54, 1.807) is 31.4 Å². The fraction of sp³-hybridized carbons (Fsp3) is 0.692. The van der Waals surface area contributed by atoms with Crippen molar-refractivity contribution >= 4 is 11.9 Å². The monoisotopic (exact) mass is 434 g/mol. The van der Waals surface area contributed by atoms with Crippen LogP contribution in [0.15, 0.2) is 24.3 Å². The fourth-order valence-corrected chi connectivity index (χ4v) is 3.40. The minimum Gasteiger partial charge on any atom is -0.497 e. The maximum atomic E-state index is 11.8. The highest BCUT2D eigenvalue weighted by atomic mass is 16.5. The van der Waals surface area contributed by atoms with E-state index in [0.29, 0.717) is 24.5 Å². The predicted octanol–water partition coefficient (Wildman–Crippen LogP) is 7.02. The maximum Gasteiger partial charge on any atom is 0.311 e. The smallest absolute Gasteiger partial charge is 0.311 e. The molecule has 0 radical (unpaired) electrons. The third-order valence-corrected chi connectivity index (χ3v) is 5.31. The molecule has 0 unspecified atom stereocenters. The van der Waals surface area contributed by atoms with Crippen molar-refractivity contribution < 1.29 is 23.8 Å². The molecule has 5 nitrogen and oxygen atoms in total. The van der Waals surface area contributed by atoms with Gasteiger partial charge in [0.1, 0.15) is 11.5 Å². The van der Waals surface area contributed by atoms with E-state index in [9.17, 15) is 9.59 Å². The van der Waals surface area contributed by atoms with Crippen LogP contribution in [0.25, 0.3) is 0 Å². The molecular weight excluding hydrogens is 392 g/mol. The molecule has 0 atom stereocenters. The molecular formula is C26H42O5. The Hall–Kier alpha value is -2.04. The highest BCUT2D eigenvalue weighted by molar-refractivity contribution is 5.74. The van der Waals surface area contributed by atoms with E-state index in [1.807, 2.05) is 0 Å². The Labute approximate surface area is 188 Å². The number of hydrogen-bond acceptors (Lipinski definition) is 5. The minimum atomic E-state index is -0.348. The molecule has 1 aromatic rings. The van der Waals surface area contributed by atoms with Gasteiger partial charge in [0.15, 0.2) is 0 Å². The molecule has 1 aromatic carbocycles. The van der Waals surface area contributed by atoms with Gasteiger partial charge in [-0.2, -0.15) is 0 Å². The van der Waals surface area contributed by atoms with Crippen molar-refractivity contribution in [3.8, 4) is 11.5 Å². The zero-order valence-electron chi connectivity index (χ0n) is 19.7.